The SMILES string of the molecule is CCOC(=O)/C(C#N)=C\c1ccnc(C)c1. The van der Waals surface area contributed by atoms with Gasteiger partial charge in [0, 0.05) is 11.9 Å². The third-order valence-corrected chi connectivity index (χ3v) is 1.85. The number of hydrogen-bond acceptors (Lipinski definition) is 4. The lowest BCUT2D eigenvalue weighted by Crippen LogP contribution is -2.06. The molecule has 0 spiro atoms. The number of hydrogen-bond donors (Lipinski definition) is 0. The van der Waals surface area contributed by atoms with Crippen molar-refractivity contribution >= 4 is 12.0 Å². The quantitative estimate of drug-likeness (QED) is 0.439. The Morgan fingerprint density at radius 1 is 1.69 bits per heavy atom. The second-order valence-corrected chi connectivity index (χ2v) is 3.12. The molecule has 1 rings (SSSR count). The van der Waals surface area contributed by atoms with Crippen LogP contribution < -0.4 is 0 Å². The lowest BCUT2D eigenvalue weighted by atomic mass is 10.1. The van der Waals surface area contributed by atoms with Gasteiger partial charge < -0.3 is 4.74 Å². The molecule has 0 N–H and O–H groups in total. The van der Waals surface area contributed by atoms with Gasteiger partial charge in [0.2, 0.25) is 0 Å². The molecule has 1 heterocycles. The number of aromatic nitrogens is 1. The molecule has 0 aliphatic carbocycles. The summed E-state index contributed by atoms with van der Waals surface area (Å²) in [5.41, 5.74) is 1.58. The van der Waals surface area contributed by atoms with Crippen LogP contribution in [0.4, 0.5) is 0 Å². The van der Waals surface area contributed by atoms with Crippen LogP contribution in [0.25, 0.3) is 6.08 Å². The molecular formula is C12H12N2O2. The number of esters is 1. The van der Waals surface area contributed by atoms with E-state index in [-0.39, 0.29) is 12.2 Å². The monoisotopic (exact) mass is 216 g/mol. The lowest BCUT2D eigenvalue weighted by Gasteiger charge is -2.00. The number of carbonyl (C=O) groups excluding carboxylic acids is 1. The van der Waals surface area contributed by atoms with E-state index in [4.69, 9.17) is 10.00 Å². The van der Waals surface area contributed by atoms with E-state index in [1.54, 1.807) is 25.3 Å². The molecule has 1 aromatic rings. The molecule has 4 heteroatoms. The first-order valence-corrected chi connectivity index (χ1v) is 4.89. The van der Waals surface area contributed by atoms with Gasteiger partial charge in [0.05, 0.1) is 6.61 Å². The maximum atomic E-state index is 11.3. The molecular weight excluding hydrogens is 204 g/mol. The van der Waals surface area contributed by atoms with Crippen molar-refractivity contribution in [3.8, 4) is 6.07 Å². The molecule has 0 aliphatic heterocycles. The normalized spacial score (nSPS) is 10.7. The van der Waals surface area contributed by atoms with Crippen molar-refractivity contribution in [1.29, 1.82) is 5.26 Å². The van der Waals surface area contributed by atoms with Crippen molar-refractivity contribution in [2.45, 2.75) is 13.8 Å². The van der Waals surface area contributed by atoms with E-state index in [2.05, 4.69) is 4.98 Å². The van der Waals surface area contributed by atoms with Gasteiger partial charge in [-0.05, 0) is 37.6 Å². The van der Waals surface area contributed by atoms with E-state index in [1.807, 2.05) is 13.0 Å². The zero-order chi connectivity index (χ0) is 12.0. The summed E-state index contributed by atoms with van der Waals surface area (Å²) in [7, 11) is 0. The Hall–Kier alpha value is -2.15. The van der Waals surface area contributed by atoms with Gasteiger partial charge >= 0.3 is 5.97 Å². The highest BCUT2D eigenvalue weighted by molar-refractivity contribution is 5.97. The molecule has 0 saturated heterocycles. The van der Waals surface area contributed by atoms with Gasteiger partial charge in [-0.3, -0.25) is 4.98 Å². The van der Waals surface area contributed by atoms with Crippen molar-refractivity contribution in [2.24, 2.45) is 0 Å². The van der Waals surface area contributed by atoms with Gasteiger partial charge in [0.1, 0.15) is 11.6 Å². The van der Waals surface area contributed by atoms with E-state index in [0.29, 0.717) is 0 Å². The predicted octanol–water partition coefficient (Wildman–Crippen LogP) is 1.86. The van der Waals surface area contributed by atoms with Crippen molar-refractivity contribution in [2.75, 3.05) is 6.61 Å². The maximum Gasteiger partial charge on any atom is 0.348 e. The van der Waals surface area contributed by atoms with Crippen LogP contribution >= 0.6 is 0 Å². The fraction of sp³-hybridized carbons (Fsp3) is 0.250. The molecule has 16 heavy (non-hydrogen) atoms. The van der Waals surface area contributed by atoms with Crippen LogP contribution in [-0.2, 0) is 9.53 Å². The summed E-state index contributed by atoms with van der Waals surface area (Å²) in [5.74, 6) is -0.598. The van der Waals surface area contributed by atoms with Crippen LogP contribution in [0.1, 0.15) is 18.2 Å². The number of pyridine rings is 1. The zero-order valence-electron chi connectivity index (χ0n) is 9.23. The number of nitriles is 1. The zero-order valence-corrected chi connectivity index (χ0v) is 9.23. The Kier molecular flexibility index (Phi) is 4.22. The van der Waals surface area contributed by atoms with Crippen molar-refractivity contribution in [1.82, 2.24) is 4.98 Å². The average Bonchev–Trinajstić information content (AvgIpc) is 2.26. The molecule has 0 radical (unpaired) electrons. The summed E-state index contributed by atoms with van der Waals surface area (Å²) in [6.07, 6.45) is 3.12. The Labute approximate surface area is 94.2 Å². The van der Waals surface area contributed by atoms with Gasteiger partial charge in [-0.15, -0.1) is 0 Å². The lowest BCUT2D eigenvalue weighted by molar-refractivity contribution is -0.137. The van der Waals surface area contributed by atoms with Crippen molar-refractivity contribution in [3.05, 3.63) is 35.2 Å². The second kappa shape index (κ2) is 5.66. The third-order valence-electron chi connectivity index (χ3n) is 1.85. The fourth-order valence-electron chi connectivity index (χ4n) is 1.17. The third kappa shape index (κ3) is 3.21. The molecule has 0 amide bonds. The van der Waals surface area contributed by atoms with Crippen LogP contribution in [0.5, 0.6) is 0 Å². The number of rotatable bonds is 3. The molecule has 0 aliphatic rings. The van der Waals surface area contributed by atoms with Crippen LogP contribution in [0, 0.1) is 18.3 Å². The minimum absolute atomic E-state index is 0.00699. The molecule has 0 saturated carbocycles. The first-order valence-electron chi connectivity index (χ1n) is 4.89. The summed E-state index contributed by atoms with van der Waals surface area (Å²) in [4.78, 5) is 15.4. The molecule has 82 valence electrons. The first-order chi connectivity index (χ1) is 7.67. The summed E-state index contributed by atoms with van der Waals surface area (Å²) in [5, 5.41) is 8.82. The minimum atomic E-state index is -0.598. The number of ether oxygens (including phenoxy) is 1. The second-order valence-electron chi connectivity index (χ2n) is 3.12. The molecule has 0 bridgehead atoms. The summed E-state index contributed by atoms with van der Waals surface area (Å²) in [6, 6.07) is 5.33. The number of nitrogens with zero attached hydrogens (tertiary/aromatic N) is 2. The van der Waals surface area contributed by atoms with Gasteiger partial charge in [0.25, 0.3) is 0 Å². The highest BCUT2D eigenvalue weighted by Crippen LogP contribution is 2.08. The van der Waals surface area contributed by atoms with Gasteiger partial charge in [-0.2, -0.15) is 5.26 Å². The Morgan fingerprint density at radius 2 is 2.44 bits per heavy atom. The van der Waals surface area contributed by atoms with E-state index in [1.165, 1.54) is 6.08 Å². The van der Waals surface area contributed by atoms with Gasteiger partial charge in [-0.25, -0.2) is 4.79 Å². The summed E-state index contributed by atoms with van der Waals surface area (Å²) < 4.78 is 4.75. The standard InChI is InChI=1S/C12H12N2O2/c1-3-16-12(15)11(8-13)7-10-4-5-14-9(2)6-10/h4-7H,3H2,1-2H3/b11-7-. The summed E-state index contributed by atoms with van der Waals surface area (Å²) >= 11 is 0. The fourth-order valence-corrected chi connectivity index (χ4v) is 1.17. The maximum absolute atomic E-state index is 11.3. The first kappa shape index (κ1) is 11.9. The smallest absolute Gasteiger partial charge is 0.348 e. The van der Waals surface area contributed by atoms with E-state index in [9.17, 15) is 4.79 Å². The molecule has 4 nitrogen and oxygen atoms in total. The van der Waals surface area contributed by atoms with Gasteiger partial charge in [0.15, 0.2) is 0 Å². The number of carbonyl (C=O) groups is 1. The average molecular weight is 216 g/mol. The van der Waals surface area contributed by atoms with Crippen LogP contribution in [0.3, 0.4) is 0 Å². The molecule has 0 aromatic carbocycles. The predicted molar refractivity (Wildman–Crippen MR) is 59.2 cm³/mol. The number of aryl methyl sites for hydroxylation is 1. The van der Waals surface area contributed by atoms with Crippen LogP contribution in [-0.4, -0.2) is 17.6 Å². The Bertz CT molecular complexity index is 458. The Morgan fingerprint density at radius 3 is 3.00 bits per heavy atom. The van der Waals surface area contributed by atoms with E-state index >= 15 is 0 Å². The topological polar surface area (TPSA) is 63.0 Å². The van der Waals surface area contributed by atoms with Crippen LogP contribution in [0.15, 0.2) is 23.9 Å². The molecule has 0 fully saturated rings. The van der Waals surface area contributed by atoms with E-state index in [0.717, 1.165) is 11.3 Å². The van der Waals surface area contributed by atoms with Crippen molar-refractivity contribution < 1.29 is 9.53 Å². The van der Waals surface area contributed by atoms with E-state index < -0.39 is 5.97 Å². The Balaban J connectivity index is 2.97. The molecule has 0 unspecified atom stereocenters. The molecule has 0 atom stereocenters. The minimum Gasteiger partial charge on any atom is -0.462 e. The summed E-state index contributed by atoms with van der Waals surface area (Å²) in [6.45, 7) is 3.80. The van der Waals surface area contributed by atoms with Gasteiger partial charge in [-0.1, -0.05) is 0 Å². The van der Waals surface area contributed by atoms with Crippen molar-refractivity contribution in [3.63, 3.8) is 0 Å². The highest BCUT2D eigenvalue weighted by Gasteiger charge is 2.09. The molecule has 1 aromatic heterocycles. The van der Waals surface area contributed by atoms with Crippen LogP contribution in [0.2, 0.25) is 0 Å². The largest absolute Gasteiger partial charge is 0.462 e. The highest BCUT2D eigenvalue weighted by atomic mass is 16.5.